The van der Waals surface area contributed by atoms with Gasteiger partial charge in [-0.1, -0.05) is 168 Å². The molecule has 330 valence electrons. The lowest BCUT2D eigenvalue weighted by atomic mass is 9.76. The van der Waals surface area contributed by atoms with Gasteiger partial charge in [-0.25, -0.2) is 20.0 Å². The summed E-state index contributed by atoms with van der Waals surface area (Å²) < 4.78 is 0. The highest BCUT2D eigenvalue weighted by atomic mass is 35.5. The number of amidine groups is 2. The second-order valence-electron chi connectivity index (χ2n) is 16.4. The molecule has 0 amide bonds. The summed E-state index contributed by atoms with van der Waals surface area (Å²) in [6.45, 7) is 0. The topological polar surface area (TPSA) is 37.7 Å². The van der Waals surface area contributed by atoms with Crippen molar-refractivity contribution in [2.24, 2.45) is 9.98 Å². The predicted octanol–water partition coefficient (Wildman–Crippen LogP) is 16.1. The van der Waals surface area contributed by atoms with Crippen LogP contribution in [0.15, 0.2) is 253 Å². The molecule has 0 atom stereocenters. The first kappa shape index (κ1) is 43.3. The third-order valence-corrected chi connectivity index (χ3v) is 13.5. The molecule has 0 spiro atoms. The summed E-state index contributed by atoms with van der Waals surface area (Å²) in [4.78, 5) is 11.2. The maximum absolute atomic E-state index is 6.52. The first-order valence-electron chi connectivity index (χ1n) is 22.1. The Morgan fingerprint density at radius 3 is 0.750 bits per heavy atom. The smallest absolute Gasteiger partial charge is 0.171 e. The van der Waals surface area contributed by atoms with Crippen LogP contribution in [0.1, 0.15) is 22.3 Å². The van der Waals surface area contributed by atoms with Gasteiger partial charge in [-0.15, -0.1) is 0 Å². The molecule has 10 heteroatoms. The van der Waals surface area contributed by atoms with Crippen molar-refractivity contribution >= 4 is 92.2 Å². The van der Waals surface area contributed by atoms with E-state index >= 15 is 0 Å². The molecule has 2 aliphatic heterocycles. The molecule has 9 aromatic carbocycles. The SMILES string of the molecule is Clc1ccc(N2C(=Nc3ccc(N=C4N(c5ccc(Cl)cc5)N(c5ccc(Cl)cc5)C4(c4ccccc4)c4ccccc4)cc3)C(c3ccccc3)(c3ccccc3)N2c2ccc(Cl)cc2)cc1. The van der Waals surface area contributed by atoms with Gasteiger partial charge in [0, 0.05) is 20.1 Å². The van der Waals surface area contributed by atoms with Crippen LogP contribution in [0.25, 0.3) is 0 Å². The van der Waals surface area contributed by atoms with E-state index in [0.29, 0.717) is 20.1 Å². The molecule has 0 unspecified atom stereocenters. The third-order valence-electron chi connectivity index (χ3n) is 12.5. The molecule has 68 heavy (non-hydrogen) atoms. The van der Waals surface area contributed by atoms with Crippen molar-refractivity contribution in [3.8, 4) is 0 Å². The van der Waals surface area contributed by atoms with Crippen molar-refractivity contribution < 1.29 is 0 Å². The maximum Gasteiger partial charge on any atom is 0.171 e. The number of hydrogen-bond donors (Lipinski definition) is 0. The number of nitrogens with zero attached hydrogens (tertiary/aromatic N) is 6. The number of halogens is 4. The summed E-state index contributed by atoms with van der Waals surface area (Å²) in [5, 5.41) is 11.5. The Morgan fingerprint density at radius 1 is 0.265 bits per heavy atom. The highest BCUT2D eigenvalue weighted by molar-refractivity contribution is 6.32. The van der Waals surface area contributed by atoms with Gasteiger partial charge in [-0.3, -0.25) is 10.0 Å². The van der Waals surface area contributed by atoms with Crippen molar-refractivity contribution in [1.82, 2.24) is 0 Å². The zero-order chi connectivity index (χ0) is 46.2. The van der Waals surface area contributed by atoms with Gasteiger partial charge >= 0.3 is 0 Å². The monoisotopic (exact) mass is 960 g/mol. The summed E-state index contributed by atoms with van der Waals surface area (Å²) in [6.07, 6.45) is 0. The molecule has 2 fully saturated rings. The van der Waals surface area contributed by atoms with Gasteiger partial charge in [0.15, 0.2) is 22.7 Å². The van der Waals surface area contributed by atoms with Crippen molar-refractivity contribution in [2.75, 3.05) is 20.0 Å². The number of benzene rings is 9. The fourth-order valence-electron chi connectivity index (χ4n) is 9.48. The van der Waals surface area contributed by atoms with Crippen LogP contribution in [0.2, 0.25) is 20.1 Å². The van der Waals surface area contributed by atoms with Gasteiger partial charge in [0.05, 0.1) is 34.1 Å². The van der Waals surface area contributed by atoms with Crippen LogP contribution in [0.5, 0.6) is 0 Å². The first-order chi connectivity index (χ1) is 33.3. The fraction of sp³-hybridized carbons (Fsp3) is 0.0345. The van der Waals surface area contributed by atoms with Gasteiger partial charge in [0.2, 0.25) is 0 Å². The number of hydrazine groups is 2. The number of rotatable bonds is 10. The molecule has 0 saturated carbocycles. The zero-order valence-electron chi connectivity index (χ0n) is 36.3. The van der Waals surface area contributed by atoms with E-state index in [1.807, 2.05) is 146 Å². The summed E-state index contributed by atoms with van der Waals surface area (Å²) in [6, 6.07) is 81.7. The number of hydrogen-bond acceptors (Lipinski definition) is 4. The minimum absolute atomic E-state index is 0.640. The van der Waals surface area contributed by atoms with E-state index in [1.165, 1.54) is 0 Å². The third kappa shape index (κ3) is 7.38. The lowest BCUT2D eigenvalue weighted by Gasteiger charge is -2.62. The lowest BCUT2D eigenvalue weighted by Crippen LogP contribution is -2.77. The van der Waals surface area contributed by atoms with Crippen molar-refractivity contribution in [3.05, 3.63) is 285 Å². The normalized spacial score (nSPS) is 16.1. The molecule has 9 aromatic rings. The molecular formula is C58H40Cl4N6. The molecule has 0 aromatic heterocycles. The van der Waals surface area contributed by atoms with E-state index in [9.17, 15) is 0 Å². The van der Waals surface area contributed by atoms with E-state index in [4.69, 9.17) is 56.4 Å². The summed E-state index contributed by atoms with van der Waals surface area (Å²) in [7, 11) is 0. The van der Waals surface area contributed by atoms with Crippen LogP contribution in [0, 0.1) is 0 Å². The van der Waals surface area contributed by atoms with Crippen LogP contribution in [-0.4, -0.2) is 11.7 Å². The molecule has 0 radical (unpaired) electrons. The highest BCUT2D eigenvalue weighted by Crippen LogP contribution is 2.54. The summed E-state index contributed by atoms with van der Waals surface area (Å²) >= 11 is 26.0. The second-order valence-corrected chi connectivity index (χ2v) is 18.2. The number of anilines is 4. The van der Waals surface area contributed by atoms with E-state index < -0.39 is 11.1 Å². The van der Waals surface area contributed by atoms with Crippen LogP contribution >= 0.6 is 46.4 Å². The molecular weight excluding hydrogens is 922 g/mol. The Balaban J connectivity index is 1.10. The van der Waals surface area contributed by atoms with Gasteiger partial charge in [-0.2, -0.15) is 0 Å². The Kier molecular flexibility index (Phi) is 11.5. The second kappa shape index (κ2) is 18.1. The van der Waals surface area contributed by atoms with E-state index in [-0.39, 0.29) is 0 Å². The van der Waals surface area contributed by atoms with Crippen LogP contribution in [0.4, 0.5) is 34.1 Å². The molecule has 0 N–H and O–H groups in total. The molecule has 0 bridgehead atoms. The molecule has 2 heterocycles. The molecule has 2 aliphatic rings. The van der Waals surface area contributed by atoms with Gasteiger partial charge in [-0.05, 0) is 144 Å². The van der Waals surface area contributed by atoms with E-state index in [1.54, 1.807) is 0 Å². The number of aliphatic imine (C=N–C) groups is 2. The Morgan fingerprint density at radius 2 is 0.500 bits per heavy atom. The Hall–Kier alpha value is -7.32. The van der Waals surface area contributed by atoms with E-state index in [0.717, 1.165) is 68.0 Å². The zero-order valence-corrected chi connectivity index (χ0v) is 39.3. The van der Waals surface area contributed by atoms with Crippen molar-refractivity contribution in [1.29, 1.82) is 0 Å². The van der Waals surface area contributed by atoms with Crippen LogP contribution in [-0.2, 0) is 11.1 Å². The first-order valence-corrected chi connectivity index (χ1v) is 23.6. The minimum atomic E-state index is -0.865. The lowest BCUT2D eigenvalue weighted by molar-refractivity contribution is 0.535. The van der Waals surface area contributed by atoms with Crippen LogP contribution in [0.3, 0.4) is 0 Å². The minimum Gasteiger partial charge on any atom is -0.257 e. The van der Waals surface area contributed by atoms with Gasteiger partial charge in [0.25, 0.3) is 0 Å². The summed E-state index contributed by atoms with van der Waals surface area (Å²) in [5.74, 6) is 1.59. The average Bonchev–Trinajstić information content (AvgIpc) is 3.38. The average molecular weight is 963 g/mol. The van der Waals surface area contributed by atoms with Crippen molar-refractivity contribution in [3.63, 3.8) is 0 Å². The maximum atomic E-state index is 6.52. The highest BCUT2D eigenvalue weighted by Gasteiger charge is 2.61. The quantitative estimate of drug-likeness (QED) is 0.137. The molecule has 11 rings (SSSR count). The molecule has 2 saturated heterocycles. The predicted molar refractivity (Wildman–Crippen MR) is 284 cm³/mol. The van der Waals surface area contributed by atoms with Crippen molar-refractivity contribution in [2.45, 2.75) is 11.1 Å². The summed E-state index contributed by atoms with van der Waals surface area (Å²) in [5.41, 5.74) is 7.60. The Bertz CT molecular complexity index is 2940. The van der Waals surface area contributed by atoms with Gasteiger partial charge in [0.1, 0.15) is 0 Å². The van der Waals surface area contributed by atoms with E-state index in [2.05, 4.69) is 117 Å². The fourth-order valence-corrected chi connectivity index (χ4v) is 9.98. The largest absolute Gasteiger partial charge is 0.257 e. The molecule has 0 aliphatic carbocycles. The van der Waals surface area contributed by atoms with Crippen LogP contribution < -0.4 is 20.0 Å². The van der Waals surface area contributed by atoms with Gasteiger partial charge < -0.3 is 0 Å². The standard InChI is InChI=1S/C58H40Cl4N6/c59-45-21-33-51(34-22-45)65-55(57(41-13-5-1-6-14-41,42-15-7-2-8-16-42)67(65)53-37-25-47(61)26-38-53)63-49-29-31-50(32-30-49)64-56-58(43-17-9-3-10-18-43,44-19-11-4-12-20-44)68(54-39-27-48(62)28-40-54)66(56)52-35-23-46(60)24-36-52/h1-40H. The Labute approximate surface area is 415 Å². The molecule has 6 nitrogen and oxygen atoms in total.